The molecule has 2 aromatic carbocycles. The Bertz CT molecular complexity index is 3050. The van der Waals surface area contributed by atoms with Gasteiger partial charge in [0.2, 0.25) is 29.5 Å². The number of hydrogen-bond acceptors (Lipinski definition) is 14. The zero-order valence-electron chi connectivity index (χ0n) is 58.0. The lowest BCUT2D eigenvalue weighted by Crippen LogP contribution is -2.61. The average molecular weight is 1270 g/mol. The number of benzene rings is 2. The van der Waals surface area contributed by atoms with Gasteiger partial charge in [0.1, 0.15) is 23.9 Å². The molecule has 3 fully saturated rings. The number of aliphatic hydroxyl groups is 1. The number of nitrogens with one attached hydrogen (secondary N) is 1. The van der Waals surface area contributed by atoms with Crippen LogP contribution in [0.25, 0.3) is 11.1 Å². The molecular formula is C72H107N9O11. The summed E-state index contributed by atoms with van der Waals surface area (Å²) in [5.41, 5.74) is 1.23. The largest absolute Gasteiger partial charge is 0.450 e. The van der Waals surface area contributed by atoms with Crippen LogP contribution in [0.3, 0.4) is 0 Å². The lowest BCUT2D eigenvalue weighted by atomic mass is 9.82. The molecule has 20 nitrogen and oxygen atoms in total. The molecule has 0 spiro atoms. The summed E-state index contributed by atoms with van der Waals surface area (Å²) in [5, 5.41) is 14.8. The number of carbonyl (C=O) groups is 9. The number of carbonyl (C=O) groups excluding carboxylic acids is 9. The number of hydrogen-bond donors (Lipinski definition) is 2. The van der Waals surface area contributed by atoms with Gasteiger partial charge >= 0.3 is 5.97 Å². The number of pyridine rings is 1. The van der Waals surface area contributed by atoms with Crippen molar-refractivity contribution in [2.75, 3.05) is 72.9 Å². The van der Waals surface area contributed by atoms with Gasteiger partial charge in [-0.15, -0.1) is 0 Å². The maximum Gasteiger partial charge on any atom is 0.332 e. The highest BCUT2D eigenvalue weighted by molar-refractivity contribution is 5.99. The number of piperazine rings is 1. The second kappa shape index (κ2) is 32.7. The minimum absolute atomic E-state index is 0.00738. The van der Waals surface area contributed by atoms with Crippen molar-refractivity contribution in [3.8, 4) is 11.1 Å². The van der Waals surface area contributed by atoms with Gasteiger partial charge in [-0.3, -0.25) is 38.4 Å². The molecule has 3 unspecified atom stereocenters. The first-order chi connectivity index (χ1) is 43.3. The zero-order chi connectivity index (χ0) is 68.2. The number of nitrogens with zero attached hydrogens (tertiary/aromatic N) is 8. The van der Waals surface area contributed by atoms with Crippen LogP contribution in [0.4, 0.5) is 5.82 Å². The Kier molecular flexibility index (Phi) is 26.3. The molecule has 92 heavy (non-hydrogen) atoms. The van der Waals surface area contributed by atoms with Gasteiger partial charge in [0, 0.05) is 111 Å². The number of amides is 6. The number of rotatable bonds is 15. The minimum atomic E-state index is -1.95. The predicted octanol–water partition coefficient (Wildman–Crippen LogP) is 7.37. The fraction of sp³-hybridized carbons (Fsp3) is 0.639. The lowest BCUT2D eigenvalue weighted by Gasteiger charge is -2.39. The van der Waals surface area contributed by atoms with Crippen molar-refractivity contribution in [2.24, 2.45) is 41.4 Å². The number of Topliss-reactive ketones (excluding diaryl/α,β-unsaturated/α-hetero) is 2. The van der Waals surface area contributed by atoms with Crippen molar-refractivity contribution in [1.29, 1.82) is 0 Å². The highest BCUT2D eigenvalue weighted by atomic mass is 16.6. The molecule has 3 aliphatic heterocycles. The summed E-state index contributed by atoms with van der Waals surface area (Å²) in [5.74, 6) is -8.65. The van der Waals surface area contributed by atoms with Crippen LogP contribution in [0.2, 0.25) is 0 Å². The molecule has 6 amide bonds. The number of ketones is 2. The second-order valence-corrected chi connectivity index (χ2v) is 28.2. The molecule has 0 bridgehead atoms. The van der Waals surface area contributed by atoms with E-state index in [9.17, 15) is 19.5 Å². The molecule has 1 aromatic heterocycles. The Balaban J connectivity index is 1.52. The van der Waals surface area contributed by atoms with Crippen molar-refractivity contribution < 1.29 is 53.0 Å². The van der Waals surface area contributed by atoms with Gasteiger partial charge in [-0.1, -0.05) is 130 Å². The summed E-state index contributed by atoms with van der Waals surface area (Å²) in [6.07, 6.45) is 1.53. The van der Waals surface area contributed by atoms with E-state index in [0.29, 0.717) is 31.2 Å². The maximum atomic E-state index is 15.9. The van der Waals surface area contributed by atoms with Crippen LogP contribution in [0.1, 0.15) is 139 Å². The van der Waals surface area contributed by atoms with Gasteiger partial charge in [-0.2, -0.15) is 0 Å². The van der Waals surface area contributed by atoms with Crippen LogP contribution in [0.5, 0.6) is 0 Å². The number of fused-ring (bicyclic) bond motifs is 1. The third kappa shape index (κ3) is 18.2. The summed E-state index contributed by atoms with van der Waals surface area (Å²) in [6, 6.07) is 13.4. The molecule has 3 aliphatic rings. The average Bonchev–Trinajstić information content (AvgIpc) is 1.17. The smallest absolute Gasteiger partial charge is 0.332 e. The molecule has 6 rings (SSSR count). The van der Waals surface area contributed by atoms with Crippen molar-refractivity contribution in [1.82, 2.24) is 39.7 Å². The summed E-state index contributed by atoms with van der Waals surface area (Å²) >= 11 is 0. The first kappa shape index (κ1) is 74.0. The van der Waals surface area contributed by atoms with Crippen LogP contribution in [0.15, 0.2) is 72.9 Å². The Labute approximate surface area is 547 Å². The topological polar surface area (TPSA) is 231 Å². The Morgan fingerprint density at radius 3 is 1.83 bits per heavy atom. The van der Waals surface area contributed by atoms with E-state index in [-0.39, 0.29) is 56.3 Å². The molecule has 3 aromatic rings. The minimum Gasteiger partial charge on any atom is -0.450 e. The molecule has 3 saturated heterocycles. The number of cyclic esters (lactones) is 1. The fourth-order valence-electron chi connectivity index (χ4n) is 13.8. The van der Waals surface area contributed by atoms with E-state index in [0.717, 1.165) is 53.6 Å². The van der Waals surface area contributed by atoms with E-state index in [1.807, 2.05) is 109 Å². The summed E-state index contributed by atoms with van der Waals surface area (Å²) in [6.45, 7) is 24.6. The van der Waals surface area contributed by atoms with Crippen molar-refractivity contribution in [3.05, 3.63) is 84.1 Å². The van der Waals surface area contributed by atoms with Gasteiger partial charge in [0.25, 0.3) is 5.91 Å². The van der Waals surface area contributed by atoms with Gasteiger partial charge in [-0.05, 0) is 105 Å². The monoisotopic (exact) mass is 1270 g/mol. The summed E-state index contributed by atoms with van der Waals surface area (Å²) in [4.78, 5) is 153. The molecule has 506 valence electrons. The van der Waals surface area contributed by atoms with Crippen LogP contribution in [-0.2, 0) is 60.7 Å². The number of likely N-dealkylation sites (N-methyl/N-ethyl adjacent to an activating group) is 5. The predicted molar refractivity (Wildman–Crippen MR) is 357 cm³/mol. The van der Waals surface area contributed by atoms with Gasteiger partial charge in [-0.25, -0.2) is 9.78 Å². The van der Waals surface area contributed by atoms with E-state index in [4.69, 9.17) is 9.72 Å². The zero-order valence-corrected chi connectivity index (χ0v) is 58.0. The third-order valence-corrected chi connectivity index (χ3v) is 19.5. The highest BCUT2D eigenvalue weighted by Gasteiger charge is 2.48. The lowest BCUT2D eigenvalue weighted by molar-refractivity contribution is -0.178. The van der Waals surface area contributed by atoms with Gasteiger partial charge in [0.05, 0.1) is 17.7 Å². The molecule has 0 aliphatic carbocycles. The number of esters is 1. The van der Waals surface area contributed by atoms with Crippen LogP contribution in [-0.4, -0.2) is 208 Å². The van der Waals surface area contributed by atoms with Crippen LogP contribution >= 0.6 is 0 Å². The molecule has 2 N–H and O–H groups in total. The number of anilines is 1. The first-order valence-electron chi connectivity index (χ1n) is 33.5. The standard InChI is InChI=1S/C72H107N9O11/c1-18-47(9)54-43-58(82)56-29-24-32-81(56)69(88)57(40-50-27-23-28-51(38-50)52-30-31-73-60(42-52)80-35-33-75(13)34-36-80)76(14)68(87)55(39-49-25-21-20-22-26-49)74-65(84)62(46(7)8)78(16)70(89)63(48(10)19-2)92-71(90)64(72(11,12)91)79(17)66(85)53(37-44(3)4)41-59(83)61(45(5)6)77(15)67(54)86/h20-23,25-28,30-31,38,42,44-48,53-57,61-64,91H,18-19,24,29,32-37,39-41,43H2,1-17H3,(H,74,84)/t47?,48?,53?,54-,55-,56-,57-,61-,62-,63+,64+/m0/s1. The van der Waals surface area contributed by atoms with E-state index in [1.165, 1.54) is 49.7 Å². The van der Waals surface area contributed by atoms with Crippen LogP contribution < -0.4 is 10.2 Å². The maximum absolute atomic E-state index is 15.9. The van der Waals surface area contributed by atoms with E-state index in [1.54, 1.807) is 38.9 Å². The van der Waals surface area contributed by atoms with Crippen LogP contribution in [0, 0.1) is 41.4 Å². The molecular weight excluding hydrogens is 1170 g/mol. The van der Waals surface area contributed by atoms with Gasteiger partial charge < -0.3 is 49.5 Å². The Hall–Kier alpha value is -7.06. The van der Waals surface area contributed by atoms with Crippen molar-refractivity contribution >= 4 is 58.8 Å². The molecule has 20 heteroatoms. The molecule has 11 atom stereocenters. The first-order valence-corrected chi connectivity index (χ1v) is 33.5. The highest BCUT2D eigenvalue weighted by Crippen LogP contribution is 2.33. The SMILES string of the molecule is CCC(C)[C@@H]1CC(=O)[C@@H]2CCCN2C(=O)[C@H](Cc2cccc(-c3ccnc(N4CCN(C)CC4)c3)c2)N(C)C(=O)[C@H](Cc2ccccc2)NC(=O)[C@H](C(C)C)N(C)C(=O)[C@@H](C(C)CC)OC(=O)[C@H](C(C)(C)O)N(C)C(=O)C(CC(C)C)CC(=O)[C@H](C(C)C)N(C)C1=O. The fourth-order valence-corrected chi connectivity index (χ4v) is 13.8. The van der Waals surface area contributed by atoms with E-state index in [2.05, 4.69) is 28.2 Å². The molecule has 0 saturated carbocycles. The third-order valence-electron chi connectivity index (χ3n) is 19.5. The molecule has 0 radical (unpaired) electrons. The summed E-state index contributed by atoms with van der Waals surface area (Å²) in [7, 11) is 7.97. The second-order valence-electron chi connectivity index (χ2n) is 28.2. The van der Waals surface area contributed by atoms with E-state index >= 15 is 28.8 Å². The van der Waals surface area contributed by atoms with E-state index < -0.39 is 125 Å². The molecule has 4 heterocycles. The summed E-state index contributed by atoms with van der Waals surface area (Å²) < 4.78 is 6.18. The normalized spacial score (nSPS) is 25.8. The van der Waals surface area contributed by atoms with Gasteiger partial charge in [0.15, 0.2) is 23.7 Å². The number of ether oxygens (including phenoxy) is 1. The van der Waals surface area contributed by atoms with Crippen molar-refractivity contribution in [2.45, 2.75) is 189 Å². The Morgan fingerprint density at radius 1 is 0.620 bits per heavy atom. The quantitative estimate of drug-likeness (QED) is 0.142. The Morgan fingerprint density at radius 2 is 1.23 bits per heavy atom. The number of aromatic nitrogens is 1. The van der Waals surface area contributed by atoms with Crippen molar-refractivity contribution in [3.63, 3.8) is 0 Å².